The van der Waals surface area contributed by atoms with Gasteiger partial charge in [0.25, 0.3) is 4.83 Å². The number of carbonyl (C=O) groups excluding carboxylic acids is 1. The van der Waals surface area contributed by atoms with E-state index in [9.17, 15) is 14.7 Å². The smallest absolute Gasteiger partial charge is 0.437 e. The maximum absolute atomic E-state index is 12.8. The number of anilines is 3. The van der Waals surface area contributed by atoms with E-state index < -0.39 is 15.8 Å². The number of nitrogens with one attached hydrogen (secondary N) is 1. The third kappa shape index (κ3) is 3.12. The van der Waals surface area contributed by atoms with Crippen LogP contribution in [0.25, 0.3) is 10.2 Å². The predicted molar refractivity (Wildman–Crippen MR) is 110 cm³/mol. The molecule has 2 aliphatic rings. The van der Waals surface area contributed by atoms with Crippen LogP contribution in [0, 0.1) is 0 Å². The van der Waals surface area contributed by atoms with Gasteiger partial charge in [-0.15, -0.1) is 0 Å². The van der Waals surface area contributed by atoms with Gasteiger partial charge >= 0.3 is 11.3 Å². The summed E-state index contributed by atoms with van der Waals surface area (Å²) in [4.78, 5) is 35.2. The SMILES string of the molecule is O=C1Nc2c[s+](C(=O)O)c3nccc(c23)N1c1cccc(COC2CCCC2)n1. The first-order valence-corrected chi connectivity index (χ1v) is 10.8. The fraction of sp³-hybridized carbons (Fsp3) is 0.300. The Bertz CT molecular complexity index is 1120. The molecule has 148 valence electrons. The second-order valence-electron chi connectivity index (χ2n) is 7.12. The van der Waals surface area contributed by atoms with E-state index in [1.807, 2.05) is 12.1 Å². The molecule has 0 bridgehead atoms. The largest absolute Gasteiger partial charge is 0.554 e. The molecule has 1 saturated carbocycles. The number of ether oxygens (including phenoxy) is 1. The normalized spacial score (nSPS) is 17.0. The number of thiophene rings is 1. The van der Waals surface area contributed by atoms with Crippen LogP contribution in [0.5, 0.6) is 0 Å². The topological polar surface area (TPSA) is 105 Å². The van der Waals surface area contributed by atoms with Gasteiger partial charge in [0.05, 0.1) is 24.1 Å². The Kier molecular flexibility index (Phi) is 4.40. The summed E-state index contributed by atoms with van der Waals surface area (Å²) >= 11 is 0. The number of nitrogens with zero attached hydrogens (tertiary/aromatic N) is 3. The number of pyridine rings is 2. The number of urea groups is 1. The number of carbonyl (C=O) groups is 2. The Morgan fingerprint density at radius 1 is 1.31 bits per heavy atom. The quantitative estimate of drug-likeness (QED) is 0.570. The van der Waals surface area contributed by atoms with Crippen molar-refractivity contribution >= 4 is 49.2 Å². The molecule has 5 rings (SSSR count). The van der Waals surface area contributed by atoms with Gasteiger partial charge in [-0.05, 0) is 31.0 Å². The van der Waals surface area contributed by atoms with Gasteiger partial charge in [-0.25, -0.2) is 19.7 Å². The van der Waals surface area contributed by atoms with E-state index in [1.54, 1.807) is 17.5 Å². The summed E-state index contributed by atoms with van der Waals surface area (Å²) in [6, 6.07) is 6.82. The van der Waals surface area contributed by atoms with Crippen molar-refractivity contribution in [2.75, 3.05) is 10.2 Å². The molecule has 1 aliphatic carbocycles. The van der Waals surface area contributed by atoms with Crippen molar-refractivity contribution in [3.05, 3.63) is 41.5 Å². The zero-order valence-electron chi connectivity index (χ0n) is 15.5. The summed E-state index contributed by atoms with van der Waals surface area (Å²) in [5.74, 6) is 0.463. The van der Waals surface area contributed by atoms with Crippen LogP contribution in [0.2, 0.25) is 0 Å². The minimum atomic E-state index is -1.19. The molecule has 4 heterocycles. The van der Waals surface area contributed by atoms with Crippen molar-refractivity contribution in [3.8, 4) is 0 Å². The van der Waals surface area contributed by atoms with Gasteiger partial charge < -0.3 is 15.2 Å². The Hall–Kier alpha value is -3.04. The van der Waals surface area contributed by atoms with E-state index in [0.29, 0.717) is 34.0 Å². The van der Waals surface area contributed by atoms with Gasteiger partial charge in [0.1, 0.15) is 27.4 Å². The molecular formula is C20H19N4O4S+. The highest BCUT2D eigenvalue weighted by Crippen LogP contribution is 2.46. The average Bonchev–Trinajstić information content (AvgIpc) is 3.36. The number of hydrogen-bond acceptors (Lipinski definition) is 5. The minimum Gasteiger partial charge on any atom is -0.437 e. The van der Waals surface area contributed by atoms with E-state index in [4.69, 9.17) is 4.74 Å². The summed E-state index contributed by atoms with van der Waals surface area (Å²) in [5, 5.41) is 13.5. The zero-order chi connectivity index (χ0) is 20.0. The van der Waals surface area contributed by atoms with Crippen LogP contribution in [0.15, 0.2) is 35.8 Å². The van der Waals surface area contributed by atoms with Crippen LogP contribution in [0.4, 0.5) is 26.8 Å². The van der Waals surface area contributed by atoms with Crippen molar-refractivity contribution in [1.29, 1.82) is 0 Å². The van der Waals surface area contributed by atoms with Crippen molar-refractivity contribution in [2.45, 2.75) is 38.4 Å². The molecule has 0 saturated heterocycles. The molecule has 1 aliphatic heterocycles. The van der Waals surface area contributed by atoms with Crippen LogP contribution in [-0.2, 0) is 11.3 Å². The molecule has 8 nitrogen and oxygen atoms in total. The Labute approximate surface area is 169 Å². The molecule has 2 amide bonds. The van der Waals surface area contributed by atoms with E-state index in [0.717, 1.165) is 18.5 Å². The van der Waals surface area contributed by atoms with E-state index in [1.165, 1.54) is 23.9 Å². The highest BCUT2D eigenvalue weighted by molar-refractivity contribution is 7.54. The lowest BCUT2D eigenvalue weighted by molar-refractivity contribution is 0.0438. The van der Waals surface area contributed by atoms with Crippen molar-refractivity contribution in [3.63, 3.8) is 0 Å². The van der Waals surface area contributed by atoms with E-state index in [-0.39, 0.29) is 12.1 Å². The predicted octanol–water partition coefficient (Wildman–Crippen LogP) is 5.05. The lowest BCUT2D eigenvalue weighted by Gasteiger charge is -2.26. The minimum absolute atomic E-state index is 0.281. The van der Waals surface area contributed by atoms with Crippen LogP contribution in [-0.4, -0.2) is 32.5 Å². The second-order valence-corrected chi connectivity index (χ2v) is 8.76. The van der Waals surface area contributed by atoms with Crippen LogP contribution < -0.4 is 10.2 Å². The van der Waals surface area contributed by atoms with Crippen molar-refractivity contribution < 1.29 is 19.4 Å². The first-order valence-electron chi connectivity index (χ1n) is 9.47. The van der Waals surface area contributed by atoms with Gasteiger partial charge in [0, 0.05) is 6.20 Å². The van der Waals surface area contributed by atoms with Gasteiger partial charge in [-0.1, -0.05) is 18.9 Å². The molecular weight excluding hydrogens is 392 g/mol. The molecule has 0 aromatic carbocycles. The van der Waals surface area contributed by atoms with Crippen molar-refractivity contribution in [1.82, 2.24) is 9.97 Å². The monoisotopic (exact) mass is 411 g/mol. The third-order valence-corrected chi connectivity index (χ3v) is 6.85. The Morgan fingerprint density at radius 3 is 2.93 bits per heavy atom. The highest BCUT2D eigenvalue weighted by atomic mass is 32.2. The molecule has 2 N–H and O–H groups in total. The fourth-order valence-electron chi connectivity index (χ4n) is 3.93. The van der Waals surface area contributed by atoms with Gasteiger partial charge in [-0.2, -0.15) is 4.79 Å². The molecule has 0 spiro atoms. The lowest BCUT2D eigenvalue weighted by Crippen LogP contribution is -2.34. The van der Waals surface area contributed by atoms with E-state index in [2.05, 4.69) is 15.3 Å². The highest BCUT2D eigenvalue weighted by Gasteiger charge is 2.36. The number of rotatable bonds is 5. The summed E-state index contributed by atoms with van der Waals surface area (Å²) in [6.45, 7) is 0.399. The Balaban J connectivity index is 1.52. The third-order valence-electron chi connectivity index (χ3n) is 5.27. The molecule has 1 atom stereocenters. The van der Waals surface area contributed by atoms with Gasteiger partial charge in [-0.3, -0.25) is 0 Å². The maximum atomic E-state index is 12.8. The number of carboxylic acid groups (broad SMARTS) is 1. The summed E-state index contributed by atoms with van der Waals surface area (Å²) < 4.78 is 5.95. The number of amides is 2. The first-order chi connectivity index (χ1) is 14.1. The standard InChI is InChI=1S/C20H18N4O4S/c25-19-23-14-11-29(20(26)27)18-17(14)15(8-9-21-18)24(19)16-7-3-4-12(22-16)10-28-13-5-1-2-6-13/h3-4,7-9,11,13H,1-2,5-6,10H2,(H-,23,25,26,27)/p+1. The summed E-state index contributed by atoms with van der Waals surface area (Å²) in [7, 11) is -1.19. The molecule has 9 heteroatoms. The second kappa shape index (κ2) is 7.09. The van der Waals surface area contributed by atoms with Crippen molar-refractivity contribution in [2.24, 2.45) is 0 Å². The van der Waals surface area contributed by atoms with Crippen LogP contribution >= 0.6 is 10.5 Å². The molecule has 29 heavy (non-hydrogen) atoms. The summed E-state index contributed by atoms with van der Waals surface area (Å²) in [6.07, 6.45) is 6.38. The average molecular weight is 411 g/mol. The number of aromatic nitrogens is 2. The molecule has 3 aromatic heterocycles. The molecule has 3 aromatic rings. The fourth-order valence-corrected chi connectivity index (χ4v) is 5.33. The van der Waals surface area contributed by atoms with Crippen LogP contribution in [0.1, 0.15) is 31.4 Å². The van der Waals surface area contributed by atoms with E-state index >= 15 is 0 Å². The number of hydrogen-bond donors (Lipinski definition) is 2. The molecule has 0 radical (unpaired) electrons. The summed E-state index contributed by atoms with van der Waals surface area (Å²) in [5.41, 5.74) is 1.83. The molecule has 1 fully saturated rings. The Morgan fingerprint density at radius 2 is 2.14 bits per heavy atom. The lowest BCUT2D eigenvalue weighted by atomic mass is 10.2. The first kappa shape index (κ1) is 18.0. The molecule has 1 unspecified atom stereocenters. The van der Waals surface area contributed by atoms with Gasteiger partial charge in [0.2, 0.25) is 0 Å². The zero-order valence-corrected chi connectivity index (χ0v) is 16.3. The van der Waals surface area contributed by atoms with Crippen LogP contribution in [0.3, 0.4) is 0 Å². The van der Waals surface area contributed by atoms with Gasteiger partial charge in [0.15, 0.2) is 5.38 Å². The maximum Gasteiger partial charge on any atom is 0.554 e.